The van der Waals surface area contributed by atoms with Gasteiger partial charge in [-0.05, 0) is 73.8 Å². The van der Waals surface area contributed by atoms with Crippen LogP contribution >= 0.6 is 11.6 Å². The zero-order valence-electron chi connectivity index (χ0n) is 28.4. The predicted octanol–water partition coefficient (Wildman–Crippen LogP) is 3.90. The zero-order valence-corrected chi connectivity index (χ0v) is 29.1. The number of oxime groups is 1. The van der Waals surface area contributed by atoms with Crippen molar-refractivity contribution < 1.29 is 28.8 Å². The van der Waals surface area contributed by atoms with Crippen LogP contribution in [0.3, 0.4) is 0 Å². The summed E-state index contributed by atoms with van der Waals surface area (Å²) in [5.41, 5.74) is -0.232. The van der Waals surface area contributed by atoms with Gasteiger partial charge in [-0.2, -0.15) is 0 Å². The molecule has 1 unspecified atom stereocenters. The number of carbonyl (C=O) groups is 5. The van der Waals surface area contributed by atoms with Crippen LogP contribution in [0.1, 0.15) is 97.5 Å². The van der Waals surface area contributed by atoms with Gasteiger partial charge in [-0.3, -0.25) is 24.0 Å². The number of nitrogens with one attached hydrogen (secondary N) is 3. The molecule has 3 N–H and O–H groups in total. The first kappa shape index (κ1) is 34.4. The van der Waals surface area contributed by atoms with E-state index in [0.29, 0.717) is 41.8 Å². The number of ketones is 1. The molecule has 0 radical (unpaired) electrons. The van der Waals surface area contributed by atoms with Crippen LogP contribution in [0, 0.1) is 23.2 Å². The van der Waals surface area contributed by atoms with E-state index >= 15 is 0 Å². The predicted molar refractivity (Wildman–Crippen MR) is 180 cm³/mol. The van der Waals surface area contributed by atoms with Gasteiger partial charge < -0.3 is 25.7 Å². The molecule has 11 nitrogen and oxygen atoms in total. The van der Waals surface area contributed by atoms with Crippen molar-refractivity contribution in [2.24, 2.45) is 28.3 Å². The summed E-state index contributed by atoms with van der Waals surface area (Å²) < 4.78 is 0. The van der Waals surface area contributed by atoms with Gasteiger partial charge in [-0.25, -0.2) is 0 Å². The fourth-order valence-corrected chi connectivity index (χ4v) is 8.12. The molecule has 2 heterocycles. The summed E-state index contributed by atoms with van der Waals surface area (Å²) in [6.07, 6.45) is 6.78. The maximum absolute atomic E-state index is 14.6. The smallest absolute Gasteiger partial charge is 0.289 e. The molecule has 2 bridgehead atoms. The Labute approximate surface area is 287 Å². The third-order valence-corrected chi connectivity index (χ3v) is 11.0. The van der Waals surface area contributed by atoms with Crippen molar-refractivity contribution in [2.75, 3.05) is 6.54 Å². The number of benzene rings is 1. The molecule has 6 aliphatic rings. The SMILES string of the molecule is CCC[C@H](NC(=O)[C@@H]1C[C@]2(CC(c3cccc(Cl)c3)=NO2)CN1C(=O)[C@@H](NC(=O)CC1CC2CC1C2)C(C)(C)C)C(=O)C(=O)NC1CC1. The summed E-state index contributed by atoms with van der Waals surface area (Å²) in [4.78, 5) is 75.4. The first-order chi connectivity index (χ1) is 22.7. The van der Waals surface area contributed by atoms with Crippen LogP contribution in [0.5, 0.6) is 0 Å². The van der Waals surface area contributed by atoms with E-state index in [1.807, 2.05) is 39.8 Å². The summed E-state index contributed by atoms with van der Waals surface area (Å²) in [5, 5.41) is 13.5. The van der Waals surface area contributed by atoms with E-state index in [-0.39, 0.29) is 31.3 Å². The number of fused-ring (bicyclic) bond motifs is 1. The van der Waals surface area contributed by atoms with Gasteiger partial charge in [0.1, 0.15) is 12.1 Å². The van der Waals surface area contributed by atoms with E-state index < -0.39 is 52.6 Å². The number of hydrogen-bond acceptors (Lipinski definition) is 7. The summed E-state index contributed by atoms with van der Waals surface area (Å²) in [6.45, 7) is 7.61. The minimum atomic E-state index is -1.03. The average Bonchev–Trinajstić information content (AvgIpc) is 3.33. The molecule has 4 aliphatic carbocycles. The van der Waals surface area contributed by atoms with Crippen LogP contribution in [0.4, 0.5) is 0 Å². The Morgan fingerprint density at radius 3 is 2.48 bits per heavy atom. The van der Waals surface area contributed by atoms with Crippen molar-refractivity contribution in [1.29, 1.82) is 0 Å². The minimum absolute atomic E-state index is 0.000600. The molecule has 12 heteroatoms. The molecule has 4 amide bonds. The van der Waals surface area contributed by atoms with E-state index in [2.05, 4.69) is 21.1 Å². The lowest BCUT2D eigenvalue weighted by Gasteiger charge is -2.36. The molecule has 1 aromatic rings. The number of hydrogen-bond donors (Lipinski definition) is 3. The Balaban J connectivity index is 1.23. The lowest BCUT2D eigenvalue weighted by Crippen LogP contribution is -2.59. The van der Waals surface area contributed by atoms with Crippen LogP contribution in [-0.2, 0) is 28.8 Å². The zero-order chi connectivity index (χ0) is 34.4. The molecule has 0 aromatic heterocycles. The summed E-state index contributed by atoms with van der Waals surface area (Å²) in [6, 6.07) is 4.30. The maximum Gasteiger partial charge on any atom is 0.289 e. The highest BCUT2D eigenvalue weighted by Crippen LogP contribution is 2.53. The molecule has 5 fully saturated rings. The Bertz CT molecular complexity index is 1500. The van der Waals surface area contributed by atoms with Gasteiger partial charge in [0.15, 0.2) is 5.60 Å². The van der Waals surface area contributed by atoms with Gasteiger partial charge >= 0.3 is 0 Å². The van der Waals surface area contributed by atoms with Gasteiger partial charge in [0.2, 0.25) is 23.5 Å². The molecule has 5 atom stereocenters. The highest BCUT2D eigenvalue weighted by atomic mass is 35.5. The van der Waals surface area contributed by atoms with Crippen LogP contribution in [0.15, 0.2) is 29.4 Å². The number of Topliss-reactive ketones (excluding diaryl/α,β-unsaturated/α-hetero) is 1. The van der Waals surface area contributed by atoms with Gasteiger partial charge in [0.25, 0.3) is 5.91 Å². The quantitative estimate of drug-likeness (QED) is 0.285. The second-order valence-corrected chi connectivity index (χ2v) is 16.2. The molecule has 2 aliphatic heterocycles. The monoisotopic (exact) mass is 681 g/mol. The van der Waals surface area contributed by atoms with Crippen LogP contribution < -0.4 is 16.0 Å². The van der Waals surface area contributed by atoms with Crippen molar-refractivity contribution in [1.82, 2.24) is 20.9 Å². The molecule has 1 spiro atoms. The molecule has 1 aromatic carbocycles. The minimum Gasteiger partial charge on any atom is -0.387 e. The van der Waals surface area contributed by atoms with Crippen LogP contribution in [0.25, 0.3) is 0 Å². The fourth-order valence-electron chi connectivity index (χ4n) is 7.93. The topological polar surface area (TPSA) is 146 Å². The second kappa shape index (κ2) is 13.4. The Kier molecular flexibility index (Phi) is 9.63. The van der Waals surface area contributed by atoms with Gasteiger partial charge in [-0.1, -0.05) is 63.0 Å². The number of rotatable bonds is 12. The number of nitrogens with zero attached hydrogens (tertiary/aromatic N) is 2. The molecule has 260 valence electrons. The van der Waals surface area contributed by atoms with Crippen molar-refractivity contribution in [2.45, 2.75) is 122 Å². The molecule has 48 heavy (non-hydrogen) atoms. The van der Waals surface area contributed by atoms with E-state index in [1.165, 1.54) is 17.7 Å². The van der Waals surface area contributed by atoms with E-state index in [4.69, 9.17) is 16.4 Å². The molecule has 7 rings (SSSR count). The molecule has 1 saturated heterocycles. The Morgan fingerprint density at radius 1 is 1.10 bits per heavy atom. The molecule has 4 saturated carbocycles. The first-order valence-corrected chi connectivity index (χ1v) is 17.9. The maximum atomic E-state index is 14.6. The Morgan fingerprint density at radius 2 is 1.85 bits per heavy atom. The normalized spacial score (nSPS) is 28.6. The number of likely N-dealkylation sites (tertiary alicyclic amines) is 1. The number of carbonyl (C=O) groups excluding carboxylic acids is 5. The van der Waals surface area contributed by atoms with Crippen molar-refractivity contribution >= 4 is 46.7 Å². The average molecular weight is 682 g/mol. The lowest BCUT2D eigenvalue weighted by molar-refractivity contribution is -0.145. The molecular formula is C36H48ClN5O6. The van der Waals surface area contributed by atoms with Crippen LogP contribution in [0.2, 0.25) is 5.02 Å². The van der Waals surface area contributed by atoms with E-state index in [1.54, 1.807) is 12.1 Å². The largest absolute Gasteiger partial charge is 0.387 e. The molecular weight excluding hydrogens is 634 g/mol. The van der Waals surface area contributed by atoms with Gasteiger partial charge in [-0.15, -0.1) is 0 Å². The fraction of sp³-hybridized carbons (Fsp3) is 0.667. The highest BCUT2D eigenvalue weighted by Gasteiger charge is 2.56. The third-order valence-electron chi connectivity index (χ3n) is 10.8. The van der Waals surface area contributed by atoms with Gasteiger partial charge in [0, 0.05) is 35.9 Å². The van der Waals surface area contributed by atoms with Crippen molar-refractivity contribution in [3.8, 4) is 0 Å². The van der Waals surface area contributed by atoms with Crippen LogP contribution in [-0.4, -0.2) is 76.3 Å². The number of amides is 4. The first-order valence-electron chi connectivity index (χ1n) is 17.5. The summed E-state index contributed by atoms with van der Waals surface area (Å²) in [5.74, 6) is -0.842. The highest BCUT2D eigenvalue weighted by molar-refractivity contribution is 6.38. The van der Waals surface area contributed by atoms with E-state index in [9.17, 15) is 24.0 Å². The van der Waals surface area contributed by atoms with Crippen molar-refractivity contribution in [3.63, 3.8) is 0 Å². The van der Waals surface area contributed by atoms with Gasteiger partial charge in [0.05, 0.1) is 18.3 Å². The second-order valence-electron chi connectivity index (χ2n) is 15.8. The summed E-state index contributed by atoms with van der Waals surface area (Å²) >= 11 is 6.25. The lowest BCUT2D eigenvalue weighted by atomic mass is 9.81. The standard InChI is InChI=1S/C36H48ClN5O6/c1-5-7-26(30(44)33(46)38-25-10-11-25)39-32(45)28-18-36(17-27(41-48-36)21-8-6-9-24(37)15-21)19-42(28)34(47)31(35(2,3)4)40-29(43)16-23-14-20-12-22(23)13-20/h6,8-9,15,20,22-23,25-26,28,31H,5,7,10-14,16-19H2,1-4H3,(H,38,46)(H,39,45)(H,40,43)/t20?,22?,23?,26-,28-,31+,36+/m0/s1. The third kappa shape index (κ3) is 7.40. The number of halogens is 1. The van der Waals surface area contributed by atoms with Crippen molar-refractivity contribution in [3.05, 3.63) is 34.9 Å². The van der Waals surface area contributed by atoms with E-state index in [0.717, 1.165) is 30.7 Å². The Hall–Kier alpha value is -3.47. The summed E-state index contributed by atoms with van der Waals surface area (Å²) in [7, 11) is 0.